The van der Waals surface area contributed by atoms with E-state index >= 15 is 0 Å². The topological polar surface area (TPSA) is 41.1 Å². The van der Waals surface area contributed by atoms with Crippen LogP contribution in [-0.2, 0) is 4.79 Å². The molecule has 2 aromatic rings. The first-order chi connectivity index (χ1) is 10.2. The van der Waals surface area contributed by atoms with Crippen molar-refractivity contribution >= 4 is 17.3 Å². The van der Waals surface area contributed by atoms with Crippen molar-refractivity contribution in [1.29, 1.82) is 0 Å². The lowest BCUT2D eigenvalue weighted by atomic mass is 9.90. The Bertz CT molecular complexity index is 667. The molecule has 1 amide bonds. The highest BCUT2D eigenvalue weighted by atomic mass is 19.1. The SMILES string of the molecule is O=C(Nc1c(F)cccc1F)C1CCNc2ccccc21. The molecule has 1 aliphatic rings. The van der Waals surface area contributed by atoms with Gasteiger partial charge in [-0.05, 0) is 30.2 Å². The molecule has 0 fully saturated rings. The van der Waals surface area contributed by atoms with Crippen LogP contribution in [0.4, 0.5) is 20.2 Å². The molecule has 1 atom stereocenters. The lowest BCUT2D eigenvalue weighted by Gasteiger charge is -2.26. The number of benzene rings is 2. The highest BCUT2D eigenvalue weighted by molar-refractivity contribution is 5.97. The average molecular weight is 288 g/mol. The molecule has 0 radical (unpaired) electrons. The fourth-order valence-electron chi connectivity index (χ4n) is 2.57. The van der Waals surface area contributed by atoms with Crippen LogP contribution in [-0.4, -0.2) is 12.5 Å². The average Bonchev–Trinajstić information content (AvgIpc) is 2.50. The third-order valence-corrected chi connectivity index (χ3v) is 3.61. The first kappa shape index (κ1) is 13.5. The highest BCUT2D eigenvalue weighted by Crippen LogP contribution is 2.32. The van der Waals surface area contributed by atoms with Gasteiger partial charge in [0.2, 0.25) is 5.91 Å². The third-order valence-electron chi connectivity index (χ3n) is 3.61. The van der Waals surface area contributed by atoms with Gasteiger partial charge >= 0.3 is 0 Å². The molecule has 1 aliphatic heterocycles. The first-order valence-corrected chi connectivity index (χ1v) is 6.74. The first-order valence-electron chi connectivity index (χ1n) is 6.74. The van der Waals surface area contributed by atoms with Gasteiger partial charge in [0.1, 0.15) is 17.3 Å². The maximum Gasteiger partial charge on any atom is 0.232 e. The van der Waals surface area contributed by atoms with Gasteiger partial charge in [0.25, 0.3) is 0 Å². The Hall–Kier alpha value is -2.43. The molecule has 2 N–H and O–H groups in total. The van der Waals surface area contributed by atoms with Crippen LogP contribution in [0.2, 0.25) is 0 Å². The van der Waals surface area contributed by atoms with E-state index in [-0.39, 0.29) is 0 Å². The lowest BCUT2D eigenvalue weighted by molar-refractivity contribution is -0.117. The van der Waals surface area contributed by atoms with Crippen molar-refractivity contribution in [2.45, 2.75) is 12.3 Å². The zero-order valence-corrected chi connectivity index (χ0v) is 11.2. The molecule has 0 aromatic heterocycles. The Labute approximate surface area is 121 Å². The zero-order valence-electron chi connectivity index (χ0n) is 11.2. The molecule has 0 aliphatic carbocycles. The molecule has 0 saturated heterocycles. The Morgan fingerprint density at radius 2 is 1.81 bits per heavy atom. The van der Waals surface area contributed by atoms with E-state index in [1.165, 1.54) is 6.07 Å². The predicted octanol–water partition coefficient (Wildman–Crippen LogP) is 3.50. The second-order valence-corrected chi connectivity index (χ2v) is 4.94. The Morgan fingerprint density at radius 1 is 1.10 bits per heavy atom. The Balaban J connectivity index is 1.87. The summed E-state index contributed by atoms with van der Waals surface area (Å²) in [6, 6.07) is 11.0. The largest absolute Gasteiger partial charge is 0.385 e. The smallest absolute Gasteiger partial charge is 0.232 e. The van der Waals surface area contributed by atoms with Gasteiger partial charge in [-0.3, -0.25) is 4.79 Å². The van der Waals surface area contributed by atoms with Crippen molar-refractivity contribution in [2.75, 3.05) is 17.2 Å². The normalized spacial score (nSPS) is 16.8. The molecule has 0 saturated carbocycles. The Kier molecular flexibility index (Phi) is 3.56. The number of hydrogen-bond acceptors (Lipinski definition) is 2. The Morgan fingerprint density at radius 3 is 2.57 bits per heavy atom. The maximum atomic E-state index is 13.6. The summed E-state index contributed by atoms with van der Waals surface area (Å²) in [5.74, 6) is -2.36. The van der Waals surface area contributed by atoms with Gasteiger partial charge in [0.05, 0.1) is 5.92 Å². The molecule has 1 heterocycles. The number of carbonyl (C=O) groups excluding carboxylic acids is 1. The summed E-state index contributed by atoms with van der Waals surface area (Å²) in [6.45, 7) is 0.648. The lowest BCUT2D eigenvalue weighted by Crippen LogP contribution is -2.28. The number of para-hydroxylation sites is 2. The second kappa shape index (κ2) is 5.52. The second-order valence-electron chi connectivity index (χ2n) is 4.94. The van der Waals surface area contributed by atoms with E-state index < -0.39 is 29.1 Å². The summed E-state index contributed by atoms with van der Waals surface area (Å²) >= 11 is 0. The number of rotatable bonds is 2. The molecular formula is C16H14F2N2O. The van der Waals surface area contributed by atoms with Gasteiger partial charge in [-0.25, -0.2) is 8.78 Å². The number of anilines is 2. The molecule has 21 heavy (non-hydrogen) atoms. The van der Waals surface area contributed by atoms with Crippen LogP contribution < -0.4 is 10.6 Å². The van der Waals surface area contributed by atoms with E-state index in [1.54, 1.807) is 0 Å². The van der Waals surface area contributed by atoms with Crippen molar-refractivity contribution in [3.05, 3.63) is 59.7 Å². The maximum absolute atomic E-state index is 13.6. The van der Waals surface area contributed by atoms with Crippen molar-refractivity contribution < 1.29 is 13.6 Å². The zero-order chi connectivity index (χ0) is 14.8. The molecule has 108 valence electrons. The monoisotopic (exact) mass is 288 g/mol. The number of fused-ring (bicyclic) bond motifs is 1. The summed E-state index contributed by atoms with van der Waals surface area (Å²) in [4.78, 5) is 12.4. The van der Waals surface area contributed by atoms with Crippen LogP contribution >= 0.6 is 0 Å². The van der Waals surface area contributed by atoms with E-state index in [0.29, 0.717) is 13.0 Å². The van der Waals surface area contributed by atoms with Crippen molar-refractivity contribution in [3.8, 4) is 0 Å². The van der Waals surface area contributed by atoms with Crippen LogP contribution in [0, 0.1) is 11.6 Å². The van der Waals surface area contributed by atoms with E-state index in [4.69, 9.17) is 0 Å². The molecular weight excluding hydrogens is 274 g/mol. The van der Waals surface area contributed by atoms with Crippen LogP contribution in [0.15, 0.2) is 42.5 Å². The van der Waals surface area contributed by atoms with Gasteiger partial charge in [-0.2, -0.15) is 0 Å². The molecule has 3 rings (SSSR count). The standard InChI is InChI=1S/C16H14F2N2O/c17-12-5-3-6-13(18)15(12)20-16(21)11-8-9-19-14-7-2-1-4-10(11)14/h1-7,11,19H,8-9H2,(H,20,21). The summed E-state index contributed by atoms with van der Waals surface area (Å²) in [5, 5.41) is 5.58. The van der Waals surface area contributed by atoms with E-state index in [0.717, 1.165) is 23.4 Å². The fourth-order valence-corrected chi connectivity index (χ4v) is 2.57. The third kappa shape index (κ3) is 2.59. The summed E-state index contributed by atoms with van der Waals surface area (Å²) in [5.41, 5.74) is 1.34. The summed E-state index contributed by atoms with van der Waals surface area (Å²) < 4.78 is 27.2. The number of carbonyl (C=O) groups is 1. The van der Waals surface area contributed by atoms with E-state index in [2.05, 4.69) is 10.6 Å². The van der Waals surface area contributed by atoms with Crippen LogP contribution in [0.1, 0.15) is 17.9 Å². The van der Waals surface area contributed by atoms with Gasteiger partial charge < -0.3 is 10.6 Å². The molecule has 0 bridgehead atoms. The summed E-state index contributed by atoms with van der Waals surface area (Å²) in [6.07, 6.45) is 0.582. The van der Waals surface area contributed by atoms with Gasteiger partial charge in [-0.15, -0.1) is 0 Å². The fraction of sp³-hybridized carbons (Fsp3) is 0.188. The van der Waals surface area contributed by atoms with Crippen molar-refractivity contribution in [3.63, 3.8) is 0 Å². The van der Waals surface area contributed by atoms with Crippen molar-refractivity contribution in [2.24, 2.45) is 0 Å². The highest BCUT2D eigenvalue weighted by Gasteiger charge is 2.27. The van der Waals surface area contributed by atoms with Crippen LogP contribution in [0.3, 0.4) is 0 Å². The molecule has 5 heteroatoms. The van der Waals surface area contributed by atoms with Gasteiger partial charge in [0, 0.05) is 12.2 Å². The van der Waals surface area contributed by atoms with E-state index in [9.17, 15) is 13.6 Å². The van der Waals surface area contributed by atoms with Gasteiger partial charge in [-0.1, -0.05) is 24.3 Å². The van der Waals surface area contributed by atoms with Gasteiger partial charge in [0.15, 0.2) is 0 Å². The molecule has 1 unspecified atom stereocenters. The quantitative estimate of drug-likeness (QED) is 0.888. The molecule has 3 nitrogen and oxygen atoms in total. The predicted molar refractivity (Wildman–Crippen MR) is 77.3 cm³/mol. The minimum atomic E-state index is -0.773. The number of hydrogen-bond donors (Lipinski definition) is 2. The van der Waals surface area contributed by atoms with E-state index in [1.807, 2.05) is 24.3 Å². The minimum Gasteiger partial charge on any atom is -0.385 e. The summed E-state index contributed by atoms with van der Waals surface area (Å²) in [7, 11) is 0. The molecule has 2 aromatic carbocycles. The minimum absolute atomic E-state index is 0.390. The van der Waals surface area contributed by atoms with Crippen molar-refractivity contribution in [1.82, 2.24) is 0 Å². The number of amides is 1. The number of halogens is 2. The molecule has 0 spiro atoms. The van der Waals surface area contributed by atoms with Crippen LogP contribution in [0.25, 0.3) is 0 Å². The van der Waals surface area contributed by atoms with Crippen LogP contribution in [0.5, 0.6) is 0 Å². The number of nitrogens with one attached hydrogen (secondary N) is 2.